The number of ether oxygens (including phenoxy) is 2. The van der Waals surface area contributed by atoms with Crippen LogP contribution in [0.15, 0.2) is 35.3 Å². The number of anilines is 1. The molecule has 1 amide bonds. The maximum atomic E-state index is 15.6. The molecular formula is C27H25Cl2F2N3O6. The molecule has 9 nitrogen and oxygen atoms in total. The van der Waals surface area contributed by atoms with E-state index in [0.717, 1.165) is 6.07 Å². The van der Waals surface area contributed by atoms with Crippen molar-refractivity contribution in [2.24, 2.45) is 0 Å². The van der Waals surface area contributed by atoms with Crippen molar-refractivity contribution in [3.8, 4) is 5.75 Å². The fourth-order valence-corrected chi connectivity index (χ4v) is 5.55. The van der Waals surface area contributed by atoms with Gasteiger partial charge in [-0.2, -0.15) is 0 Å². The average Bonchev–Trinajstić information content (AvgIpc) is 3.64. The van der Waals surface area contributed by atoms with E-state index < -0.39 is 41.6 Å². The number of nitrogens with one attached hydrogen (secondary N) is 1. The molecule has 1 saturated heterocycles. The van der Waals surface area contributed by atoms with E-state index >= 15 is 4.39 Å². The maximum absolute atomic E-state index is 15.6. The van der Waals surface area contributed by atoms with Gasteiger partial charge in [-0.05, 0) is 23.8 Å². The highest BCUT2D eigenvalue weighted by molar-refractivity contribution is 6.35. The quantitative estimate of drug-likeness (QED) is 0.355. The number of carboxylic acid groups (broad SMARTS) is 1. The summed E-state index contributed by atoms with van der Waals surface area (Å²) in [6.07, 6.45) is -1.02. The van der Waals surface area contributed by atoms with Gasteiger partial charge in [0.05, 0.1) is 24.1 Å². The monoisotopic (exact) mass is 595 g/mol. The number of alkyl halides is 1. The summed E-state index contributed by atoms with van der Waals surface area (Å²) >= 11 is 12.1. The Hall–Kier alpha value is -3.57. The first-order valence-electron chi connectivity index (χ1n) is 12.5. The number of carbonyl (C=O) groups excluding carboxylic acids is 1. The predicted octanol–water partition coefficient (Wildman–Crippen LogP) is 5.33. The third kappa shape index (κ3) is 5.40. The van der Waals surface area contributed by atoms with Gasteiger partial charge < -0.3 is 29.4 Å². The van der Waals surface area contributed by atoms with Gasteiger partial charge in [0.15, 0.2) is 11.6 Å². The smallest absolute Gasteiger partial charge is 0.492 e. The Balaban J connectivity index is 1.54. The zero-order chi connectivity index (χ0) is 28.7. The van der Waals surface area contributed by atoms with Crippen molar-refractivity contribution in [3.63, 3.8) is 0 Å². The van der Waals surface area contributed by atoms with E-state index in [-0.39, 0.29) is 54.0 Å². The van der Waals surface area contributed by atoms with Crippen LogP contribution in [-0.4, -0.2) is 54.2 Å². The Bertz CT molecular complexity index is 1560. The van der Waals surface area contributed by atoms with E-state index in [1.807, 2.05) is 0 Å². The summed E-state index contributed by atoms with van der Waals surface area (Å²) in [4.78, 5) is 39.2. The number of piperidine rings is 1. The van der Waals surface area contributed by atoms with E-state index in [4.69, 9.17) is 37.8 Å². The highest BCUT2D eigenvalue weighted by Crippen LogP contribution is 2.45. The van der Waals surface area contributed by atoms with Gasteiger partial charge in [0.25, 0.3) is 5.91 Å². The first kappa shape index (κ1) is 28.0. The number of carbonyl (C=O) groups is 2. The third-order valence-electron chi connectivity index (χ3n) is 7.17. The first-order valence-corrected chi connectivity index (χ1v) is 13.3. The zero-order valence-corrected chi connectivity index (χ0v) is 22.8. The Labute approximate surface area is 237 Å². The Morgan fingerprint density at radius 2 is 1.90 bits per heavy atom. The van der Waals surface area contributed by atoms with Crippen molar-refractivity contribution < 1.29 is 33.0 Å². The van der Waals surface area contributed by atoms with Crippen LogP contribution in [0.25, 0.3) is 10.9 Å². The summed E-state index contributed by atoms with van der Waals surface area (Å²) in [7, 11) is 1.32. The van der Waals surface area contributed by atoms with Gasteiger partial charge in [0.1, 0.15) is 23.5 Å². The van der Waals surface area contributed by atoms with Crippen LogP contribution in [0.1, 0.15) is 41.2 Å². The molecular weight excluding hydrogens is 571 g/mol. The second-order valence-corrected chi connectivity index (χ2v) is 10.6. The van der Waals surface area contributed by atoms with E-state index in [0.29, 0.717) is 28.5 Å². The number of nitrogens with zero attached hydrogens (tertiary/aromatic N) is 2. The molecule has 0 spiro atoms. The number of benzene rings is 2. The van der Waals surface area contributed by atoms with Crippen LogP contribution in [0.4, 0.5) is 19.3 Å². The van der Waals surface area contributed by atoms with Gasteiger partial charge in [-0.15, -0.1) is 0 Å². The van der Waals surface area contributed by atoms with Crippen LogP contribution in [0.3, 0.4) is 0 Å². The Morgan fingerprint density at radius 3 is 2.50 bits per heavy atom. The minimum atomic E-state index is -1.38. The lowest BCUT2D eigenvalue weighted by Crippen LogP contribution is -2.38. The Morgan fingerprint density at radius 1 is 1.20 bits per heavy atom. The minimum absolute atomic E-state index is 0.000353. The van der Waals surface area contributed by atoms with Crippen LogP contribution in [-0.2, 0) is 11.3 Å². The molecule has 2 aromatic carbocycles. The van der Waals surface area contributed by atoms with Gasteiger partial charge >= 0.3 is 6.16 Å². The summed E-state index contributed by atoms with van der Waals surface area (Å²) in [6, 6.07) is 5.15. The molecule has 13 heteroatoms. The molecule has 40 heavy (non-hydrogen) atoms. The number of amides is 1. The number of aromatic nitrogens is 1. The summed E-state index contributed by atoms with van der Waals surface area (Å²) in [5, 5.41) is 12.2. The van der Waals surface area contributed by atoms with Gasteiger partial charge in [-0.25, -0.2) is 13.6 Å². The number of rotatable bonds is 7. The van der Waals surface area contributed by atoms with E-state index in [2.05, 4.69) is 5.32 Å². The number of methoxy groups -OCH3 is 1. The molecule has 1 aliphatic heterocycles. The molecule has 0 bridgehead atoms. The van der Waals surface area contributed by atoms with Crippen molar-refractivity contribution in [2.75, 3.05) is 25.1 Å². The molecule has 2 aliphatic rings. The summed E-state index contributed by atoms with van der Waals surface area (Å²) in [5.74, 6) is -1.46. The molecule has 5 rings (SSSR count). The molecule has 2 atom stereocenters. The topological polar surface area (TPSA) is 110 Å². The molecule has 0 unspecified atom stereocenters. The number of pyridine rings is 1. The number of fused-ring (bicyclic) bond motifs is 1. The third-order valence-corrected chi connectivity index (χ3v) is 7.75. The molecule has 2 fully saturated rings. The first-order chi connectivity index (χ1) is 19.1. The molecule has 1 saturated carbocycles. The van der Waals surface area contributed by atoms with Gasteiger partial charge in [-0.3, -0.25) is 9.59 Å². The average molecular weight is 596 g/mol. The SMILES string of the molecule is COc1c(N2CCC(OC(=O)O)CC2)c(F)cc2c(=O)c(C(=O)NCc3ccc(Cl)cc3Cl)cn([C@H]3C[C@H]3F)c12. The summed E-state index contributed by atoms with van der Waals surface area (Å²) in [5.41, 5.74) is -0.198. The normalized spacial score (nSPS) is 19.0. The lowest BCUT2D eigenvalue weighted by Gasteiger charge is -2.34. The zero-order valence-electron chi connectivity index (χ0n) is 21.3. The molecule has 0 radical (unpaired) electrons. The maximum Gasteiger partial charge on any atom is 0.506 e. The lowest BCUT2D eigenvalue weighted by molar-refractivity contribution is 0.0415. The minimum Gasteiger partial charge on any atom is -0.492 e. The standard InChI is InChI=1S/C27H25Cl2F2N3O6/c1-39-25-22-16(9-20(31)23(25)33-6-4-15(5-7-33)40-27(37)38)24(35)17(12-34(22)21-10-19(21)30)26(36)32-11-13-2-3-14(28)8-18(13)29/h2-3,8-9,12,15,19,21H,4-7,10-11H2,1H3,(H,32,36)(H,37,38)/t19-,21+/m1/s1. The summed E-state index contributed by atoms with van der Waals surface area (Å²) in [6.45, 7) is 0.535. The largest absolute Gasteiger partial charge is 0.506 e. The van der Waals surface area contributed by atoms with Gasteiger partial charge in [0, 0.05) is 55.1 Å². The van der Waals surface area contributed by atoms with E-state index in [9.17, 15) is 18.8 Å². The molecule has 2 N–H and O–H groups in total. The molecule has 1 aromatic heterocycles. The van der Waals surface area contributed by atoms with Crippen molar-refractivity contribution in [3.05, 3.63) is 67.7 Å². The molecule has 3 aromatic rings. The molecule has 1 aliphatic carbocycles. The fourth-order valence-electron chi connectivity index (χ4n) is 5.07. The highest BCUT2D eigenvalue weighted by atomic mass is 35.5. The van der Waals surface area contributed by atoms with Crippen molar-refractivity contribution in [1.82, 2.24) is 9.88 Å². The second kappa shape index (κ2) is 11.1. The van der Waals surface area contributed by atoms with Gasteiger partial charge in [0.2, 0.25) is 5.43 Å². The molecule has 212 valence electrons. The fraction of sp³-hybridized carbons (Fsp3) is 0.370. The van der Waals surface area contributed by atoms with E-state index in [1.54, 1.807) is 17.0 Å². The summed E-state index contributed by atoms with van der Waals surface area (Å²) < 4.78 is 41.9. The highest BCUT2D eigenvalue weighted by Gasteiger charge is 2.41. The van der Waals surface area contributed by atoms with Crippen LogP contribution < -0.4 is 20.4 Å². The predicted molar refractivity (Wildman–Crippen MR) is 145 cm³/mol. The van der Waals surface area contributed by atoms with Crippen molar-refractivity contribution >= 4 is 51.9 Å². The Kier molecular flexibility index (Phi) is 7.78. The van der Waals surface area contributed by atoms with Crippen LogP contribution in [0.5, 0.6) is 5.75 Å². The number of hydrogen-bond acceptors (Lipinski definition) is 6. The van der Waals surface area contributed by atoms with Crippen molar-refractivity contribution in [2.45, 2.75) is 44.1 Å². The number of hydrogen-bond donors (Lipinski definition) is 2. The lowest BCUT2D eigenvalue weighted by atomic mass is 10.0. The second-order valence-electron chi connectivity index (χ2n) is 9.72. The van der Waals surface area contributed by atoms with Crippen LogP contribution >= 0.6 is 23.2 Å². The van der Waals surface area contributed by atoms with Crippen LogP contribution in [0, 0.1) is 5.82 Å². The van der Waals surface area contributed by atoms with Crippen molar-refractivity contribution in [1.29, 1.82) is 0 Å². The molecule has 2 heterocycles. The number of halogens is 4. The van der Waals surface area contributed by atoms with Crippen LogP contribution in [0.2, 0.25) is 10.0 Å². The van der Waals surface area contributed by atoms with E-state index in [1.165, 1.54) is 23.9 Å². The van der Waals surface area contributed by atoms with Gasteiger partial charge in [-0.1, -0.05) is 29.3 Å².